The van der Waals surface area contributed by atoms with Crippen LogP contribution in [-0.2, 0) is 0 Å². The van der Waals surface area contributed by atoms with Crippen LogP contribution in [0.4, 0.5) is 5.82 Å². The number of hydrogen-bond donors (Lipinski definition) is 4. The number of aromatic nitrogens is 1. The van der Waals surface area contributed by atoms with E-state index in [9.17, 15) is 15.0 Å². The maximum atomic E-state index is 11.4. The third-order valence-corrected chi connectivity index (χ3v) is 4.40. The zero-order valence-corrected chi connectivity index (χ0v) is 15.8. The van der Waals surface area contributed by atoms with E-state index in [1.165, 1.54) is 0 Å². The van der Waals surface area contributed by atoms with E-state index in [0.29, 0.717) is 42.4 Å². The van der Waals surface area contributed by atoms with Crippen molar-refractivity contribution in [3.05, 3.63) is 78.0 Å². The zero-order valence-electron chi connectivity index (χ0n) is 15.8. The summed E-state index contributed by atoms with van der Waals surface area (Å²) in [5.74, 6) is 0.148. The van der Waals surface area contributed by atoms with Gasteiger partial charge in [-0.15, -0.1) is 0 Å². The lowest BCUT2D eigenvalue weighted by Gasteiger charge is -2.13. The highest BCUT2D eigenvalue weighted by Crippen LogP contribution is 2.25. The number of rotatable bonds is 9. The molecule has 1 aromatic heterocycles. The van der Waals surface area contributed by atoms with Crippen molar-refractivity contribution in [3.63, 3.8) is 0 Å². The third-order valence-electron chi connectivity index (χ3n) is 4.40. The van der Waals surface area contributed by atoms with Gasteiger partial charge in [-0.1, -0.05) is 36.4 Å². The summed E-state index contributed by atoms with van der Waals surface area (Å²) in [4.78, 5) is 15.3. The van der Waals surface area contributed by atoms with Crippen molar-refractivity contribution in [2.75, 3.05) is 25.4 Å². The molecule has 0 bridgehead atoms. The first kappa shape index (κ1) is 20.3. The standard InChI is InChI=1S/C22H23N3O4/c23-21-10-7-16(13-25-21)20(26)14-24-11-12-29-17-8-5-15(6-9-17)18-3-1-2-4-19(18)22(27)28/h1-10,13,20,24,26H,11-12,14H2,(H2,23,25)(H,27,28)/t20-/m0/s1. The number of pyridine rings is 1. The Hall–Kier alpha value is -3.42. The molecule has 0 saturated carbocycles. The first-order valence-electron chi connectivity index (χ1n) is 9.20. The Morgan fingerprint density at radius 1 is 1.10 bits per heavy atom. The molecule has 29 heavy (non-hydrogen) atoms. The molecule has 0 aliphatic carbocycles. The van der Waals surface area contributed by atoms with Crippen LogP contribution in [0.5, 0.6) is 5.75 Å². The molecule has 0 amide bonds. The number of nitrogens with one attached hydrogen (secondary N) is 1. The van der Waals surface area contributed by atoms with Crippen molar-refractivity contribution < 1.29 is 19.7 Å². The minimum atomic E-state index is -0.955. The number of anilines is 1. The van der Waals surface area contributed by atoms with E-state index in [0.717, 1.165) is 5.56 Å². The quantitative estimate of drug-likeness (QED) is 0.413. The molecule has 1 heterocycles. The molecule has 1 atom stereocenters. The maximum Gasteiger partial charge on any atom is 0.336 e. The smallest absolute Gasteiger partial charge is 0.336 e. The molecule has 5 N–H and O–H groups in total. The number of hydrogen-bond acceptors (Lipinski definition) is 6. The molecule has 2 aromatic carbocycles. The van der Waals surface area contributed by atoms with Crippen molar-refractivity contribution in [3.8, 4) is 16.9 Å². The fourth-order valence-electron chi connectivity index (χ4n) is 2.86. The van der Waals surface area contributed by atoms with E-state index in [4.69, 9.17) is 10.5 Å². The maximum absolute atomic E-state index is 11.4. The number of carboxylic acids is 1. The average molecular weight is 393 g/mol. The zero-order chi connectivity index (χ0) is 20.6. The molecule has 0 aliphatic rings. The molecule has 7 heteroatoms. The Morgan fingerprint density at radius 2 is 1.86 bits per heavy atom. The molecule has 0 saturated heterocycles. The molecule has 0 aliphatic heterocycles. The molecule has 7 nitrogen and oxygen atoms in total. The summed E-state index contributed by atoms with van der Waals surface area (Å²) in [6, 6.07) is 17.6. The van der Waals surface area contributed by atoms with Gasteiger partial charge in [-0.3, -0.25) is 0 Å². The van der Waals surface area contributed by atoms with Crippen molar-refractivity contribution in [2.45, 2.75) is 6.10 Å². The minimum Gasteiger partial charge on any atom is -0.492 e. The van der Waals surface area contributed by atoms with Crippen LogP contribution in [0.1, 0.15) is 22.0 Å². The van der Waals surface area contributed by atoms with Crippen molar-refractivity contribution in [1.29, 1.82) is 0 Å². The van der Waals surface area contributed by atoms with Gasteiger partial charge in [0.05, 0.1) is 11.7 Å². The van der Waals surface area contributed by atoms with Gasteiger partial charge < -0.3 is 26.0 Å². The summed E-state index contributed by atoms with van der Waals surface area (Å²) in [7, 11) is 0. The Balaban J connectivity index is 1.46. The van der Waals surface area contributed by atoms with E-state index in [1.807, 2.05) is 30.3 Å². The lowest BCUT2D eigenvalue weighted by Crippen LogP contribution is -2.26. The van der Waals surface area contributed by atoms with Crippen molar-refractivity contribution in [1.82, 2.24) is 10.3 Å². The van der Waals surface area contributed by atoms with Gasteiger partial charge in [0.25, 0.3) is 0 Å². The number of ether oxygens (including phenoxy) is 1. The minimum absolute atomic E-state index is 0.264. The largest absolute Gasteiger partial charge is 0.492 e. The molecule has 0 spiro atoms. The normalized spacial score (nSPS) is 11.8. The highest BCUT2D eigenvalue weighted by molar-refractivity contribution is 5.96. The summed E-state index contributed by atoms with van der Waals surface area (Å²) in [5.41, 5.74) is 7.98. The van der Waals surface area contributed by atoms with Crippen LogP contribution >= 0.6 is 0 Å². The summed E-state index contributed by atoms with van der Waals surface area (Å²) >= 11 is 0. The number of carbonyl (C=O) groups is 1. The van der Waals surface area contributed by atoms with Gasteiger partial charge in [0.15, 0.2) is 0 Å². The van der Waals surface area contributed by atoms with Crippen LogP contribution in [0.15, 0.2) is 66.9 Å². The SMILES string of the molecule is Nc1ccc([C@@H](O)CNCCOc2ccc(-c3ccccc3C(=O)O)cc2)cn1. The molecule has 0 fully saturated rings. The number of nitrogen functional groups attached to an aromatic ring is 1. The summed E-state index contributed by atoms with van der Waals surface area (Å²) < 4.78 is 5.69. The average Bonchev–Trinajstić information content (AvgIpc) is 2.74. The van der Waals surface area contributed by atoms with Gasteiger partial charge in [-0.25, -0.2) is 9.78 Å². The third kappa shape index (κ3) is 5.54. The molecule has 150 valence electrons. The Labute approximate surface area is 168 Å². The van der Waals surface area contributed by atoms with E-state index < -0.39 is 12.1 Å². The van der Waals surface area contributed by atoms with Crippen LogP contribution in [0.25, 0.3) is 11.1 Å². The van der Waals surface area contributed by atoms with Crippen molar-refractivity contribution in [2.24, 2.45) is 0 Å². The van der Waals surface area contributed by atoms with Crippen LogP contribution in [0, 0.1) is 0 Å². The fraction of sp³-hybridized carbons (Fsp3) is 0.182. The molecule has 3 rings (SSSR count). The summed E-state index contributed by atoms with van der Waals surface area (Å²) in [6.45, 7) is 1.36. The van der Waals surface area contributed by atoms with Gasteiger partial charge in [0.2, 0.25) is 0 Å². The first-order chi connectivity index (χ1) is 14.0. The Morgan fingerprint density at radius 3 is 2.55 bits per heavy atom. The number of nitrogens with two attached hydrogens (primary N) is 1. The molecule has 0 unspecified atom stereocenters. The van der Waals surface area contributed by atoms with E-state index >= 15 is 0 Å². The number of benzene rings is 2. The van der Waals surface area contributed by atoms with Gasteiger partial charge in [-0.05, 0) is 35.4 Å². The molecule has 3 aromatic rings. The second-order valence-corrected chi connectivity index (χ2v) is 6.46. The number of aromatic carboxylic acids is 1. The second-order valence-electron chi connectivity index (χ2n) is 6.46. The highest BCUT2D eigenvalue weighted by Gasteiger charge is 2.11. The number of aliphatic hydroxyl groups is 1. The summed E-state index contributed by atoms with van der Waals surface area (Å²) in [6.07, 6.45) is 0.888. The highest BCUT2D eigenvalue weighted by atomic mass is 16.5. The molecular weight excluding hydrogens is 370 g/mol. The van der Waals surface area contributed by atoms with E-state index in [-0.39, 0.29) is 5.56 Å². The van der Waals surface area contributed by atoms with E-state index in [2.05, 4.69) is 10.3 Å². The van der Waals surface area contributed by atoms with E-state index in [1.54, 1.807) is 36.5 Å². The van der Waals surface area contributed by atoms with Gasteiger partial charge >= 0.3 is 5.97 Å². The fourth-order valence-corrected chi connectivity index (χ4v) is 2.86. The lowest BCUT2D eigenvalue weighted by atomic mass is 10.00. The number of carboxylic acid groups (broad SMARTS) is 1. The predicted molar refractivity (Wildman–Crippen MR) is 111 cm³/mol. The lowest BCUT2D eigenvalue weighted by molar-refractivity contribution is 0.0697. The topological polar surface area (TPSA) is 118 Å². The monoisotopic (exact) mass is 393 g/mol. The van der Waals surface area contributed by atoms with Gasteiger partial charge in [0, 0.05) is 24.8 Å². The summed E-state index contributed by atoms with van der Waals surface area (Å²) in [5, 5.41) is 22.5. The number of aliphatic hydroxyl groups excluding tert-OH is 1. The number of nitrogens with zero attached hydrogens (tertiary/aromatic N) is 1. The van der Waals surface area contributed by atoms with Gasteiger partial charge in [0.1, 0.15) is 18.2 Å². The second kappa shape index (κ2) is 9.68. The first-order valence-corrected chi connectivity index (χ1v) is 9.20. The van der Waals surface area contributed by atoms with Crippen LogP contribution < -0.4 is 15.8 Å². The van der Waals surface area contributed by atoms with Crippen molar-refractivity contribution >= 4 is 11.8 Å². The van der Waals surface area contributed by atoms with Crippen LogP contribution in [-0.4, -0.2) is 40.9 Å². The Kier molecular flexibility index (Phi) is 6.78. The molecular formula is C22H23N3O4. The van der Waals surface area contributed by atoms with Gasteiger partial charge in [-0.2, -0.15) is 0 Å². The Bertz CT molecular complexity index is 943. The molecule has 0 radical (unpaired) electrons. The predicted octanol–water partition coefficient (Wildman–Crippen LogP) is 2.73. The van der Waals surface area contributed by atoms with Crippen LogP contribution in [0.2, 0.25) is 0 Å². The van der Waals surface area contributed by atoms with Crippen LogP contribution in [0.3, 0.4) is 0 Å².